The van der Waals surface area contributed by atoms with E-state index in [-0.39, 0.29) is 36.6 Å². The summed E-state index contributed by atoms with van der Waals surface area (Å²) >= 11 is 8.45. The number of nitrogens with one attached hydrogen (secondary N) is 3. The molecule has 3 aromatic rings. The number of hydrogen-bond acceptors (Lipinski definition) is 12. The fourth-order valence-electron chi connectivity index (χ4n) is 8.34. The maximum Gasteiger partial charge on any atom is 0.408 e. The van der Waals surface area contributed by atoms with Gasteiger partial charge in [-0.2, -0.15) is 0 Å². The van der Waals surface area contributed by atoms with Gasteiger partial charge in [-0.3, -0.25) is 9.59 Å². The summed E-state index contributed by atoms with van der Waals surface area (Å²) in [5.41, 5.74) is -0.833. The lowest BCUT2D eigenvalue weighted by molar-refractivity contribution is -0.146. The van der Waals surface area contributed by atoms with Crippen molar-refractivity contribution in [3.63, 3.8) is 0 Å². The van der Waals surface area contributed by atoms with Crippen LogP contribution in [0.5, 0.6) is 11.5 Å². The van der Waals surface area contributed by atoms with Crippen LogP contribution in [-0.2, 0) is 19.1 Å². The van der Waals surface area contributed by atoms with E-state index in [0.717, 1.165) is 12.8 Å². The Bertz CT molecular complexity index is 2150. The van der Waals surface area contributed by atoms with Crippen molar-refractivity contribution >= 4 is 62.8 Å². The van der Waals surface area contributed by atoms with Gasteiger partial charge in [-0.05, 0) is 83.0 Å². The summed E-state index contributed by atoms with van der Waals surface area (Å²) in [5.74, 6) is -0.781. The maximum absolute atomic E-state index is 14.7. The number of anilines is 1. The van der Waals surface area contributed by atoms with Crippen LogP contribution in [0.3, 0.4) is 0 Å². The molecule has 8 atom stereocenters. The van der Waals surface area contributed by atoms with Gasteiger partial charge >= 0.3 is 12.1 Å². The molecule has 60 heavy (non-hydrogen) atoms. The van der Waals surface area contributed by atoms with Crippen LogP contribution >= 0.6 is 22.9 Å². The molecule has 4 N–H and O–H groups in total. The number of carbonyl (C=O) groups excluding carboxylic acids is 3. The van der Waals surface area contributed by atoms with Crippen molar-refractivity contribution < 1.29 is 38.5 Å². The Labute approximate surface area is 359 Å². The molecule has 0 radical (unpaired) electrons. The molecule has 0 spiro atoms. The number of carbonyl (C=O) groups is 4. The van der Waals surface area contributed by atoms with E-state index in [9.17, 15) is 24.3 Å². The average Bonchev–Trinajstić information content (AvgIpc) is 3.84. The molecule has 1 aromatic carbocycles. The molecule has 3 saturated carbocycles. The van der Waals surface area contributed by atoms with Crippen LogP contribution in [0.25, 0.3) is 22.3 Å². The Morgan fingerprint density at radius 2 is 1.82 bits per heavy atom. The van der Waals surface area contributed by atoms with E-state index in [0.29, 0.717) is 63.9 Å². The zero-order valence-electron chi connectivity index (χ0n) is 35.2. The van der Waals surface area contributed by atoms with E-state index < -0.39 is 58.9 Å². The van der Waals surface area contributed by atoms with Crippen molar-refractivity contribution in [1.82, 2.24) is 30.4 Å². The lowest BCUT2D eigenvalue weighted by Crippen LogP contribution is -2.59. The SMILES string of the molecule is C=C[C@@H]1C[C@]1(NC(=O)[C@@H]1C[C@@H](Oc2cc(-c3csc(NC(C)C)n3)nc3c(Cl)c(OCCN(C)C)ccc23)CN1C(=O)[C@@H](NC(=O)O[C@@H]1C[C@@H]2C[C@@H]2C1)C(C)(C)C)C(=O)O. The van der Waals surface area contributed by atoms with Crippen molar-refractivity contribution in [2.24, 2.45) is 23.2 Å². The van der Waals surface area contributed by atoms with Gasteiger partial charge in [-0.15, -0.1) is 17.9 Å². The number of likely N-dealkylation sites (tertiary alicyclic amines) is 1. The van der Waals surface area contributed by atoms with Gasteiger partial charge in [0.05, 0.1) is 17.8 Å². The van der Waals surface area contributed by atoms with Crippen LogP contribution in [0.1, 0.15) is 66.7 Å². The van der Waals surface area contributed by atoms with E-state index in [2.05, 4.69) is 22.5 Å². The van der Waals surface area contributed by atoms with Gasteiger partial charge in [-0.1, -0.05) is 38.4 Å². The zero-order valence-corrected chi connectivity index (χ0v) is 36.8. The van der Waals surface area contributed by atoms with Gasteiger partial charge in [0.25, 0.3) is 0 Å². The largest absolute Gasteiger partial charge is 0.491 e. The summed E-state index contributed by atoms with van der Waals surface area (Å²) in [4.78, 5) is 67.8. The minimum atomic E-state index is -1.53. The first kappa shape index (κ1) is 43.4. The predicted octanol–water partition coefficient (Wildman–Crippen LogP) is 6.21. The fraction of sp³-hybridized carbons (Fsp3) is 0.581. The number of aromatic nitrogens is 2. The first-order valence-corrected chi connectivity index (χ1v) is 21.9. The Kier molecular flexibility index (Phi) is 12.3. The van der Waals surface area contributed by atoms with Gasteiger partial charge in [0, 0.05) is 41.8 Å². The normalized spacial score (nSPS) is 26.1. The van der Waals surface area contributed by atoms with E-state index in [4.69, 9.17) is 35.8 Å². The van der Waals surface area contributed by atoms with E-state index >= 15 is 0 Å². The fourth-order valence-corrected chi connectivity index (χ4v) is 9.45. The summed E-state index contributed by atoms with van der Waals surface area (Å²) in [6.45, 7) is 14.3. The minimum absolute atomic E-state index is 0.0238. The molecule has 0 unspecified atom stereocenters. The summed E-state index contributed by atoms with van der Waals surface area (Å²) in [7, 11) is 3.90. The molecule has 17 heteroatoms. The number of likely N-dealkylation sites (N-methyl/N-ethyl adjacent to an activating group) is 1. The second kappa shape index (κ2) is 17.0. The van der Waals surface area contributed by atoms with E-state index in [1.54, 1.807) is 12.1 Å². The Morgan fingerprint density at radius 1 is 1.08 bits per heavy atom. The first-order valence-electron chi connectivity index (χ1n) is 20.6. The Balaban J connectivity index is 1.21. The van der Waals surface area contributed by atoms with Crippen molar-refractivity contribution in [2.75, 3.05) is 39.1 Å². The molecular weight excluding hydrogens is 810 g/mol. The number of carboxylic acid groups (broad SMARTS) is 1. The number of rotatable bonds is 16. The summed E-state index contributed by atoms with van der Waals surface area (Å²) in [5, 5.41) is 22.5. The highest BCUT2D eigenvalue weighted by atomic mass is 35.5. The number of thiazole rings is 1. The van der Waals surface area contributed by atoms with Crippen LogP contribution in [0, 0.1) is 23.2 Å². The number of nitrogens with zero attached hydrogens (tertiary/aromatic N) is 4. The molecule has 3 amide bonds. The van der Waals surface area contributed by atoms with Gasteiger partial charge in [0.15, 0.2) is 5.13 Å². The Morgan fingerprint density at radius 3 is 2.45 bits per heavy atom. The molecular formula is C43H56ClN7O8S. The molecule has 3 heterocycles. The molecule has 15 nitrogen and oxygen atoms in total. The molecule has 0 bridgehead atoms. The number of hydrogen-bond donors (Lipinski definition) is 4. The number of carboxylic acids is 1. The molecule has 324 valence electrons. The van der Waals surface area contributed by atoms with Crippen LogP contribution in [0.4, 0.5) is 9.93 Å². The number of ether oxygens (including phenoxy) is 3. The number of aliphatic carboxylic acids is 1. The van der Waals surface area contributed by atoms with Gasteiger partial charge < -0.3 is 45.1 Å². The summed E-state index contributed by atoms with van der Waals surface area (Å²) in [6.07, 6.45) is 2.87. The number of amides is 3. The number of pyridine rings is 1. The van der Waals surface area contributed by atoms with E-state index in [1.165, 1.54) is 28.7 Å². The van der Waals surface area contributed by atoms with Gasteiger partial charge in [-0.25, -0.2) is 19.6 Å². The van der Waals surface area contributed by atoms with Crippen molar-refractivity contribution in [3.05, 3.63) is 41.3 Å². The van der Waals surface area contributed by atoms with E-state index in [1.807, 2.05) is 65.1 Å². The van der Waals surface area contributed by atoms with Crippen molar-refractivity contribution in [3.8, 4) is 22.9 Å². The van der Waals surface area contributed by atoms with Crippen LogP contribution in [0.2, 0.25) is 5.02 Å². The monoisotopic (exact) mass is 865 g/mol. The highest BCUT2D eigenvalue weighted by Gasteiger charge is 2.61. The zero-order chi connectivity index (χ0) is 43.3. The summed E-state index contributed by atoms with van der Waals surface area (Å²) < 4.78 is 18.6. The predicted molar refractivity (Wildman–Crippen MR) is 229 cm³/mol. The average molecular weight is 866 g/mol. The van der Waals surface area contributed by atoms with Crippen molar-refractivity contribution in [1.29, 1.82) is 0 Å². The van der Waals surface area contributed by atoms with Crippen molar-refractivity contribution in [2.45, 2.75) is 103 Å². The topological polar surface area (TPSA) is 185 Å². The third kappa shape index (κ3) is 9.30. The molecule has 3 aliphatic carbocycles. The first-order chi connectivity index (χ1) is 28.4. The molecule has 4 fully saturated rings. The van der Waals surface area contributed by atoms with Crippen LogP contribution < -0.4 is 25.4 Å². The third-order valence-electron chi connectivity index (χ3n) is 11.8. The van der Waals surface area contributed by atoms with Crippen LogP contribution in [-0.4, -0.2) is 118 Å². The lowest BCUT2D eigenvalue weighted by Gasteiger charge is -2.35. The number of alkyl carbamates (subject to hydrolysis) is 1. The number of fused-ring (bicyclic) bond motifs is 2. The number of halogens is 1. The maximum atomic E-state index is 14.7. The Hall–Kier alpha value is -4.67. The molecule has 1 saturated heterocycles. The molecule has 4 aliphatic rings. The third-order valence-corrected chi connectivity index (χ3v) is 13.0. The quantitative estimate of drug-likeness (QED) is 0.120. The highest BCUT2D eigenvalue weighted by Crippen LogP contribution is 2.52. The standard InChI is InChI=1S/C43H56ClN7O8S/c1-9-25-19-43(25,39(54)55)49-37(52)31-17-27(20-51(31)38(53)36(42(4,5)6)48-41(56)59-26-15-23-14-24(23)16-26)58-33-18-29(30-21-60-40(47-30)45-22(2)3)46-35-28(33)10-11-32(34(35)44)57-13-12-50(7)8/h9-11,18,21-27,31,36H,1,12-17,19-20H2,2-8H3,(H,45,47)(H,48,56)(H,49,52)(H,54,55)/t23-,24+,25-,26+,27-,31+,36-,43-/m1/s1. The molecule has 2 aromatic heterocycles. The minimum Gasteiger partial charge on any atom is -0.491 e. The summed E-state index contributed by atoms with van der Waals surface area (Å²) in [6, 6.07) is 3.27. The lowest BCUT2D eigenvalue weighted by atomic mass is 9.85. The molecule has 1 aliphatic heterocycles. The van der Waals surface area contributed by atoms with Crippen LogP contribution in [0.15, 0.2) is 36.2 Å². The molecule has 7 rings (SSSR count). The second-order valence-corrected chi connectivity index (χ2v) is 19.5. The smallest absolute Gasteiger partial charge is 0.408 e. The highest BCUT2D eigenvalue weighted by molar-refractivity contribution is 7.14. The number of benzene rings is 1. The second-order valence-electron chi connectivity index (χ2n) is 18.3. The van der Waals surface area contributed by atoms with Gasteiger partial charge in [0.1, 0.15) is 58.7 Å². The van der Waals surface area contributed by atoms with Gasteiger partial charge in [0.2, 0.25) is 11.8 Å².